The summed E-state index contributed by atoms with van der Waals surface area (Å²) < 4.78 is 0. The predicted molar refractivity (Wildman–Crippen MR) is 86.5 cm³/mol. The Morgan fingerprint density at radius 1 is 1.00 bits per heavy atom. The summed E-state index contributed by atoms with van der Waals surface area (Å²) in [4.78, 5) is 11.4. The van der Waals surface area contributed by atoms with Gasteiger partial charge in [0.05, 0.1) is 0 Å². The standard InChI is InChI=1S/C17H23N3O/c1-11(2)16(17(18)21)20-19-12(3)14-10-6-8-13-7-4-5-9-15(13)14/h4-12,16,19-20H,1-3H3,(H2,18,21). The Hall–Kier alpha value is -1.91. The molecule has 2 atom stereocenters. The van der Waals surface area contributed by atoms with E-state index >= 15 is 0 Å². The van der Waals surface area contributed by atoms with Crippen molar-refractivity contribution >= 4 is 16.7 Å². The first kappa shape index (κ1) is 15.5. The minimum Gasteiger partial charge on any atom is -0.368 e. The number of hydrazine groups is 1. The Morgan fingerprint density at radius 3 is 2.33 bits per heavy atom. The van der Waals surface area contributed by atoms with E-state index < -0.39 is 0 Å². The first-order valence-electron chi connectivity index (χ1n) is 7.28. The number of amides is 1. The number of rotatable bonds is 6. The predicted octanol–water partition coefficient (Wildman–Crippen LogP) is 2.50. The first-order valence-corrected chi connectivity index (χ1v) is 7.28. The van der Waals surface area contributed by atoms with Crippen molar-refractivity contribution in [2.45, 2.75) is 32.9 Å². The van der Waals surface area contributed by atoms with Crippen LogP contribution in [0.5, 0.6) is 0 Å². The third-order valence-electron chi connectivity index (χ3n) is 3.72. The third kappa shape index (κ3) is 3.60. The minimum atomic E-state index is -0.387. The molecule has 0 aliphatic heterocycles. The first-order chi connectivity index (χ1) is 10.0. The summed E-state index contributed by atoms with van der Waals surface area (Å²) in [5.41, 5.74) is 12.9. The minimum absolute atomic E-state index is 0.0664. The van der Waals surface area contributed by atoms with Crippen LogP contribution < -0.4 is 16.6 Å². The molecule has 2 aromatic rings. The Labute approximate surface area is 125 Å². The van der Waals surface area contributed by atoms with E-state index in [1.54, 1.807) is 0 Å². The van der Waals surface area contributed by atoms with E-state index in [2.05, 4.69) is 42.0 Å². The largest absolute Gasteiger partial charge is 0.368 e. The zero-order chi connectivity index (χ0) is 15.4. The van der Waals surface area contributed by atoms with Gasteiger partial charge in [0.25, 0.3) is 0 Å². The summed E-state index contributed by atoms with van der Waals surface area (Å²) in [6.07, 6.45) is 0. The van der Waals surface area contributed by atoms with Gasteiger partial charge in [-0.1, -0.05) is 56.3 Å². The number of hydrogen-bond donors (Lipinski definition) is 3. The van der Waals surface area contributed by atoms with Crippen molar-refractivity contribution < 1.29 is 4.79 Å². The molecule has 4 heteroatoms. The van der Waals surface area contributed by atoms with Gasteiger partial charge in [-0.25, -0.2) is 10.9 Å². The molecule has 0 fully saturated rings. The van der Waals surface area contributed by atoms with Crippen LogP contribution in [-0.4, -0.2) is 11.9 Å². The van der Waals surface area contributed by atoms with Gasteiger partial charge in [-0.3, -0.25) is 4.79 Å². The van der Waals surface area contributed by atoms with Crippen LogP contribution in [0.15, 0.2) is 42.5 Å². The maximum atomic E-state index is 11.4. The second kappa shape index (κ2) is 6.70. The second-order valence-corrected chi connectivity index (χ2v) is 5.70. The van der Waals surface area contributed by atoms with Gasteiger partial charge < -0.3 is 5.73 Å². The summed E-state index contributed by atoms with van der Waals surface area (Å²) in [6.45, 7) is 5.99. The van der Waals surface area contributed by atoms with Crippen molar-refractivity contribution in [3.63, 3.8) is 0 Å². The van der Waals surface area contributed by atoms with Crippen LogP contribution in [0, 0.1) is 5.92 Å². The molecular formula is C17H23N3O. The molecule has 0 aromatic heterocycles. The van der Waals surface area contributed by atoms with Gasteiger partial charge in [-0.15, -0.1) is 0 Å². The van der Waals surface area contributed by atoms with E-state index in [4.69, 9.17) is 5.73 Å². The maximum Gasteiger partial charge on any atom is 0.236 e. The van der Waals surface area contributed by atoms with Crippen LogP contribution in [0.4, 0.5) is 0 Å². The van der Waals surface area contributed by atoms with Crippen molar-refractivity contribution in [3.8, 4) is 0 Å². The lowest BCUT2D eigenvalue weighted by molar-refractivity contribution is -0.121. The van der Waals surface area contributed by atoms with Gasteiger partial charge in [0.1, 0.15) is 6.04 Å². The topological polar surface area (TPSA) is 67.2 Å². The highest BCUT2D eigenvalue weighted by atomic mass is 16.1. The SMILES string of the molecule is CC(NNC(C(N)=O)C(C)C)c1cccc2ccccc12. The van der Waals surface area contributed by atoms with Crippen molar-refractivity contribution in [2.24, 2.45) is 11.7 Å². The average molecular weight is 285 g/mol. The lowest BCUT2D eigenvalue weighted by Gasteiger charge is -2.23. The van der Waals surface area contributed by atoms with Crippen LogP contribution in [-0.2, 0) is 4.79 Å². The van der Waals surface area contributed by atoms with Crippen LogP contribution in [0.2, 0.25) is 0 Å². The average Bonchev–Trinajstić information content (AvgIpc) is 2.46. The molecular weight excluding hydrogens is 262 g/mol. The smallest absolute Gasteiger partial charge is 0.236 e. The zero-order valence-electron chi connectivity index (χ0n) is 12.8. The number of nitrogens with one attached hydrogen (secondary N) is 2. The molecule has 0 radical (unpaired) electrons. The zero-order valence-corrected chi connectivity index (χ0v) is 12.8. The molecule has 0 saturated carbocycles. The molecule has 2 unspecified atom stereocenters. The van der Waals surface area contributed by atoms with E-state index in [1.165, 1.54) is 16.3 Å². The van der Waals surface area contributed by atoms with Crippen LogP contribution >= 0.6 is 0 Å². The molecule has 1 amide bonds. The summed E-state index contributed by atoms with van der Waals surface area (Å²) in [7, 11) is 0. The van der Waals surface area contributed by atoms with E-state index in [9.17, 15) is 4.79 Å². The molecule has 4 nitrogen and oxygen atoms in total. The number of hydrogen-bond acceptors (Lipinski definition) is 3. The monoisotopic (exact) mass is 285 g/mol. The Morgan fingerprint density at radius 2 is 1.67 bits per heavy atom. The normalized spacial score (nSPS) is 14.3. The van der Waals surface area contributed by atoms with Crippen LogP contribution in [0.3, 0.4) is 0 Å². The van der Waals surface area contributed by atoms with E-state index in [0.29, 0.717) is 0 Å². The van der Waals surface area contributed by atoms with Crippen LogP contribution in [0.1, 0.15) is 32.4 Å². The maximum absolute atomic E-state index is 11.4. The van der Waals surface area contributed by atoms with Crippen molar-refractivity contribution in [1.82, 2.24) is 10.9 Å². The van der Waals surface area contributed by atoms with E-state index in [0.717, 1.165) is 0 Å². The van der Waals surface area contributed by atoms with Gasteiger partial charge in [-0.05, 0) is 29.2 Å². The van der Waals surface area contributed by atoms with Crippen molar-refractivity contribution in [1.29, 1.82) is 0 Å². The fourth-order valence-electron chi connectivity index (χ4n) is 2.49. The summed E-state index contributed by atoms with van der Waals surface area (Å²) in [6, 6.07) is 14.2. The highest BCUT2D eigenvalue weighted by Gasteiger charge is 2.20. The Kier molecular flexibility index (Phi) is 4.94. The third-order valence-corrected chi connectivity index (χ3v) is 3.72. The van der Waals surface area contributed by atoms with Crippen LogP contribution in [0.25, 0.3) is 10.8 Å². The lowest BCUT2D eigenvalue weighted by Crippen LogP contribution is -2.51. The molecule has 0 aliphatic carbocycles. The molecule has 2 rings (SSSR count). The van der Waals surface area contributed by atoms with E-state index in [1.807, 2.05) is 32.0 Å². The molecule has 21 heavy (non-hydrogen) atoms. The molecule has 0 spiro atoms. The molecule has 0 heterocycles. The number of fused-ring (bicyclic) bond motifs is 1. The van der Waals surface area contributed by atoms with Gasteiger partial charge in [-0.2, -0.15) is 0 Å². The fourth-order valence-corrected chi connectivity index (χ4v) is 2.49. The summed E-state index contributed by atoms with van der Waals surface area (Å²) in [5, 5.41) is 2.42. The number of carbonyl (C=O) groups is 1. The molecule has 0 aliphatic rings. The number of carbonyl (C=O) groups excluding carboxylic acids is 1. The molecule has 4 N–H and O–H groups in total. The van der Waals surface area contributed by atoms with Gasteiger partial charge in [0.15, 0.2) is 0 Å². The number of benzene rings is 2. The number of nitrogens with two attached hydrogens (primary N) is 1. The lowest BCUT2D eigenvalue weighted by atomic mass is 10.00. The fraction of sp³-hybridized carbons (Fsp3) is 0.353. The van der Waals surface area contributed by atoms with E-state index in [-0.39, 0.29) is 23.9 Å². The van der Waals surface area contributed by atoms with Gasteiger partial charge >= 0.3 is 0 Å². The Bertz CT molecular complexity index is 619. The summed E-state index contributed by atoms with van der Waals surface area (Å²) in [5.74, 6) is -0.211. The second-order valence-electron chi connectivity index (χ2n) is 5.70. The van der Waals surface area contributed by atoms with Gasteiger partial charge in [0.2, 0.25) is 5.91 Å². The molecule has 0 bridgehead atoms. The summed E-state index contributed by atoms with van der Waals surface area (Å²) >= 11 is 0. The Balaban J connectivity index is 2.15. The quantitative estimate of drug-likeness (QED) is 0.714. The highest BCUT2D eigenvalue weighted by Crippen LogP contribution is 2.23. The molecule has 112 valence electrons. The van der Waals surface area contributed by atoms with Crippen molar-refractivity contribution in [2.75, 3.05) is 0 Å². The molecule has 0 saturated heterocycles. The number of primary amides is 1. The van der Waals surface area contributed by atoms with Crippen molar-refractivity contribution in [3.05, 3.63) is 48.0 Å². The molecule has 2 aromatic carbocycles. The van der Waals surface area contributed by atoms with Gasteiger partial charge in [0, 0.05) is 6.04 Å². The highest BCUT2D eigenvalue weighted by molar-refractivity contribution is 5.86.